The van der Waals surface area contributed by atoms with Crippen LogP contribution in [0.1, 0.15) is 5.56 Å². The molecule has 0 amide bonds. The number of alkyl halides is 3. The SMILES string of the molecule is O=c1[nH]c2cc(-c3cc(C(F)(F)F)ccc3Cl)ccc2c(=O)n1-c1cncc2ccccc12. The van der Waals surface area contributed by atoms with Crippen molar-refractivity contribution in [2.75, 3.05) is 0 Å². The zero-order valence-corrected chi connectivity index (χ0v) is 17.4. The van der Waals surface area contributed by atoms with Crippen molar-refractivity contribution in [3.63, 3.8) is 0 Å². The predicted molar refractivity (Wildman–Crippen MR) is 121 cm³/mol. The minimum absolute atomic E-state index is 0.111. The molecule has 0 aliphatic heterocycles. The Kier molecular flexibility index (Phi) is 4.83. The van der Waals surface area contributed by atoms with Crippen LogP contribution in [-0.2, 0) is 6.18 Å². The first-order valence-corrected chi connectivity index (χ1v) is 10.1. The maximum atomic E-state index is 13.2. The van der Waals surface area contributed by atoms with E-state index in [9.17, 15) is 22.8 Å². The van der Waals surface area contributed by atoms with Gasteiger partial charge >= 0.3 is 11.9 Å². The van der Waals surface area contributed by atoms with E-state index in [1.165, 1.54) is 24.4 Å². The number of benzene rings is 3. The van der Waals surface area contributed by atoms with Gasteiger partial charge in [-0.3, -0.25) is 9.78 Å². The minimum Gasteiger partial charge on any atom is -0.306 e. The van der Waals surface area contributed by atoms with Crippen molar-refractivity contribution < 1.29 is 13.2 Å². The lowest BCUT2D eigenvalue weighted by atomic mass is 10.0. The van der Waals surface area contributed by atoms with Crippen LogP contribution in [-0.4, -0.2) is 14.5 Å². The van der Waals surface area contributed by atoms with E-state index in [2.05, 4.69) is 9.97 Å². The van der Waals surface area contributed by atoms with Crippen molar-refractivity contribution >= 4 is 33.3 Å². The quantitative estimate of drug-likeness (QED) is 0.369. The maximum Gasteiger partial charge on any atom is 0.416 e. The molecule has 33 heavy (non-hydrogen) atoms. The Balaban J connectivity index is 1.72. The molecule has 164 valence electrons. The summed E-state index contributed by atoms with van der Waals surface area (Å²) in [6.45, 7) is 0. The van der Waals surface area contributed by atoms with Gasteiger partial charge in [-0.15, -0.1) is 0 Å². The Labute approximate surface area is 188 Å². The largest absolute Gasteiger partial charge is 0.416 e. The first-order valence-electron chi connectivity index (χ1n) is 9.73. The summed E-state index contributed by atoms with van der Waals surface area (Å²) < 4.78 is 40.4. The Morgan fingerprint density at radius 3 is 2.48 bits per heavy atom. The zero-order valence-electron chi connectivity index (χ0n) is 16.7. The van der Waals surface area contributed by atoms with Crippen molar-refractivity contribution in [1.82, 2.24) is 14.5 Å². The molecule has 0 saturated heterocycles. The molecule has 2 aromatic heterocycles. The van der Waals surface area contributed by atoms with Crippen LogP contribution in [0.15, 0.2) is 82.6 Å². The van der Waals surface area contributed by atoms with Gasteiger partial charge < -0.3 is 4.98 Å². The van der Waals surface area contributed by atoms with Gasteiger partial charge in [-0.05, 0) is 35.9 Å². The average molecular weight is 468 g/mol. The number of pyridine rings is 1. The molecule has 5 nitrogen and oxygen atoms in total. The second-order valence-corrected chi connectivity index (χ2v) is 7.81. The lowest BCUT2D eigenvalue weighted by molar-refractivity contribution is -0.137. The van der Waals surface area contributed by atoms with E-state index in [1.54, 1.807) is 18.3 Å². The summed E-state index contributed by atoms with van der Waals surface area (Å²) >= 11 is 6.14. The molecule has 0 unspecified atom stereocenters. The summed E-state index contributed by atoms with van der Waals surface area (Å²) in [7, 11) is 0. The lowest BCUT2D eigenvalue weighted by Crippen LogP contribution is -2.33. The number of halogens is 4. The fourth-order valence-corrected chi connectivity index (χ4v) is 4.03. The van der Waals surface area contributed by atoms with E-state index in [0.717, 1.165) is 28.2 Å². The third-order valence-corrected chi connectivity index (χ3v) is 5.72. The summed E-state index contributed by atoms with van der Waals surface area (Å²) in [6, 6.07) is 14.6. The zero-order chi connectivity index (χ0) is 23.3. The molecule has 0 fully saturated rings. The van der Waals surface area contributed by atoms with Gasteiger partial charge in [0.25, 0.3) is 5.56 Å². The van der Waals surface area contributed by atoms with Crippen LogP contribution in [0.4, 0.5) is 13.2 Å². The molecule has 5 aromatic rings. The van der Waals surface area contributed by atoms with Gasteiger partial charge in [0.1, 0.15) is 0 Å². The highest BCUT2D eigenvalue weighted by Gasteiger charge is 2.31. The second kappa shape index (κ2) is 7.60. The molecule has 0 spiro atoms. The highest BCUT2D eigenvalue weighted by atomic mass is 35.5. The fourth-order valence-electron chi connectivity index (χ4n) is 3.81. The lowest BCUT2D eigenvalue weighted by Gasteiger charge is -2.12. The van der Waals surface area contributed by atoms with Crippen molar-refractivity contribution in [2.24, 2.45) is 0 Å². The predicted octanol–water partition coefficient (Wildman–Crippen LogP) is 5.57. The van der Waals surface area contributed by atoms with Crippen LogP contribution in [0.2, 0.25) is 5.02 Å². The molecule has 0 atom stereocenters. The van der Waals surface area contributed by atoms with Crippen LogP contribution in [0, 0.1) is 0 Å². The summed E-state index contributed by atoms with van der Waals surface area (Å²) in [5.41, 5.74) is -1.15. The van der Waals surface area contributed by atoms with E-state index >= 15 is 0 Å². The Morgan fingerprint density at radius 1 is 0.909 bits per heavy atom. The minimum atomic E-state index is -4.54. The average Bonchev–Trinajstić information content (AvgIpc) is 2.78. The first kappa shape index (κ1) is 21.0. The molecule has 3 aromatic carbocycles. The number of aromatic nitrogens is 3. The van der Waals surface area contributed by atoms with Crippen LogP contribution in [0.25, 0.3) is 38.5 Å². The topological polar surface area (TPSA) is 67.8 Å². The summed E-state index contributed by atoms with van der Waals surface area (Å²) in [4.78, 5) is 32.9. The standard InChI is InChI=1S/C24H13ClF3N3O2/c25-19-8-6-15(24(26,27)28)10-18(19)13-5-7-17-20(9-13)30-23(33)31(22(17)32)21-12-29-11-14-3-1-2-4-16(14)21/h1-12H,(H,30,33). The van der Waals surface area contributed by atoms with Gasteiger partial charge in [0.05, 0.1) is 28.4 Å². The van der Waals surface area contributed by atoms with Gasteiger partial charge in [-0.2, -0.15) is 13.2 Å². The Morgan fingerprint density at radius 2 is 1.70 bits per heavy atom. The number of fused-ring (bicyclic) bond motifs is 2. The number of hydrogen-bond donors (Lipinski definition) is 1. The number of hydrogen-bond acceptors (Lipinski definition) is 3. The maximum absolute atomic E-state index is 13.2. The van der Waals surface area contributed by atoms with Gasteiger partial charge in [-0.25, -0.2) is 9.36 Å². The third kappa shape index (κ3) is 3.58. The van der Waals surface area contributed by atoms with Crippen LogP contribution in [0.5, 0.6) is 0 Å². The van der Waals surface area contributed by atoms with Crippen molar-refractivity contribution in [1.29, 1.82) is 0 Å². The molecule has 1 N–H and O–H groups in total. The van der Waals surface area contributed by atoms with E-state index in [1.807, 2.05) is 12.1 Å². The Hall–Kier alpha value is -3.91. The van der Waals surface area contributed by atoms with Crippen molar-refractivity contribution in [3.8, 4) is 16.8 Å². The van der Waals surface area contributed by atoms with Crippen LogP contribution >= 0.6 is 11.6 Å². The summed E-state index contributed by atoms with van der Waals surface area (Å²) in [5.74, 6) is 0. The van der Waals surface area contributed by atoms with E-state index in [4.69, 9.17) is 11.6 Å². The molecule has 0 radical (unpaired) electrons. The third-order valence-electron chi connectivity index (χ3n) is 5.39. The summed E-state index contributed by atoms with van der Waals surface area (Å²) in [6.07, 6.45) is -1.48. The number of nitrogens with zero attached hydrogens (tertiary/aromatic N) is 2. The fraction of sp³-hybridized carbons (Fsp3) is 0.0417. The van der Waals surface area contributed by atoms with Gasteiger partial charge in [0.15, 0.2) is 0 Å². The van der Waals surface area contributed by atoms with Gasteiger partial charge in [0, 0.05) is 27.6 Å². The smallest absolute Gasteiger partial charge is 0.306 e. The number of H-pyrrole nitrogens is 1. The normalized spacial score (nSPS) is 11.9. The molecular weight excluding hydrogens is 455 g/mol. The van der Waals surface area contributed by atoms with E-state index in [-0.39, 0.29) is 21.5 Å². The molecule has 9 heteroatoms. The van der Waals surface area contributed by atoms with Crippen LogP contribution in [0.3, 0.4) is 0 Å². The van der Waals surface area contributed by atoms with Crippen molar-refractivity contribution in [3.05, 3.63) is 104 Å². The molecule has 0 bridgehead atoms. The highest BCUT2D eigenvalue weighted by molar-refractivity contribution is 6.33. The number of rotatable bonds is 2. The molecular formula is C24H13ClF3N3O2. The second-order valence-electron chi connectivity index (χ2n) is 7.40. The molecule has 0 saturated carbocycles. The van der Waals surface area contributed by atoms with E-state index in [0.29, 0.717) is 16.6 Å². The van der Waals surface area contributed by atoms with E-state index < -0.39 is 23.0 Å². The molecule has 0 aliphatic rings. The van der Waals surface area contributed by atoms with Crippen LogP contribution < -0.4 is 11.2 Å². The highest BCUT2D eigenvalue weighted by Crippen LogP contribution is 2.36. The van der Waals surface area contributed by atoms with Crippen molar-refractivity contribution in [2.45, 2.75) is 6.18 Å². The van der Waals surface area contributed by atoms with Gasteiger partial charge in [-0.1, -0.05) is 41.9 Å². The molecule has 2 heterocycles. The van der Waals surface area contributed by atoms with Gasteiger partial charge in [0.2, 0.25) is 0 Å². The monoisotopic (exact) mass is 467 g/mol. The molecule has 5 rings (SSSR count). The Bertz CT molecular complexity index is 1670. The molecule has 0 aliphatic carbocycles. The number of aromatic amines is 1. The number of nitrogens with one attached hydrogen (secondary N) is 1. The summed E-state index contributed by atoms with van der Waals surface area (Å²) in [5, 5.41) is 1.73. The first-order chi connectivity index (χ1) is 15.7.